The van der Waals surface area contributed by atoms with E-state index >= 15 is 0 Å². The fourth-order valence-electron chi connectivity index (χ4n) is 2.21. The van der Waals surface area contributed by atoms with Crippen LogP contribution in [0.4, 0.5) is 5.69 Å². The van der Waals surface area contributed by atoms with E-state index in [1.165, 1.54) is 0 Å². The first-order valence-corrected chi connectivity index (χ1v) is 4.95. The van der Waals surface area contributed by atoms with Crippen molar-refractivity contribution >= 4 is 17.6 Å². The lowest BCUT2D eigenvalue weighted by molar-refractivity contribution is -0.155. The molecule has 1 unspecified atom stereocenters. The molecule has 1 amide bonds. The quantitative estimate of drug-likeness (QED) is 0.524. The molecule has 1 saturated heterocycles. The molecule has 1 aromatic rings. The number of ether oxygens (including phenoxy) is 1. The van der Waals surface area contributed by atoms with Gasteiger partial charge in [-0.25, -0.2) is 4.79 Å². The first kappa shape index (κ1) is 9.15. The van der Waals surface area contributed by atoms with Gasteiger partial charge in [-0.2, -0.15) is 0 Å². The van der Waals surface area contributed by atoms with Crippen LogP contribution in [0, 0.1) is 0 Å². The minimum absolute atomic E-state index is 0.231. The van der Waals surface area contributed by atoms with Gasteiger partial charge in [-0.3, -0.25) is 4.79 Å². The summed E-state index contributed by atoms with van der Waals surface area (Å²) >= 11 is 0. The molecule has 2 aliphatic rings. The zero-order chi connectivity index (χ0) is 11.3. The maximum atomic E-state index is 11.9. The number of hydrogen-bond acceptors (Lipinski definition) is 3. The number of rotatable bonds is 0. The number of carbonyl (C=O) groups is 2. The molecule has 1 fully saturated rings. The monoisotopic (exact) mass is 215 g/mol. The van der Waals surface area contributed by atoms with Gasteiger partial charge in [0.15, 0.2) is 0 Å². The topological polar surface area (TPSA) is 55.4 Å². The summed E-state index contributed by atoms with van der Waals surface area (Å²) in [5.41, 5.74) is 0.582. The van der Waals surface area contributed by atoms with Gasteiger partial charge in [0.2, 0.25) is 5.60 Å². The van der Waals surface area contributed by atoms with Gasteiger partial charge < -0.3 is 10.1 Å². The largest absolute Gasteiger partial charge is 0.440 e. The van der Waals surface area contributed by atoms with Crippen LogP contribution < -0.4 is 5.32 Å². The average molecular weight is 215 g/mol. The highest BCUT2D eigenvalue weighted by Crippen LogP contribution is 2.46. The van der Waals surface area contributed by atoms with Crippen LogP contribution in [-0.2, 0) is 19.9 Å². The van der Waals surface area contributed by atoms with Crippen LogP contribution in [0.1, 0.15) is 12.0 Å². The van der Waals surface area contributed by atoms with Crippen LogP contribution in [0.3, 0.4) is 0 Å². The number of fused-ring (bicyclic) bond motifs is 2. The van der Waals surface area contributed by atoms with E-state index < -0.39 is 11.6 Å². The Labute approximate surface area is 91.9 Å². The van der Waals surface area contributed by atoms with Gasteiger partial charge in [0, 0.05) is 23.2 Å². The van der Waals surface area contributed by atoms with Crippen molar-refractivity contribution in [3.63, 3.8) is 0 Å². The molecule has 2 heterocycles. The highest BCUT2D eigenvalue weighted by molar-refractivity contribution is 6.09. The summed E-state index contributed by atoms with van der Waals surface area (Å²) in [6.07, 6.45) is 0.231. The van der Waals surface area contributed by atoms with Crippen molar-refractivity contribution < 1.29 is 14.3 Å². The molecule has 1 aromatic carbocycles. The van der Waals surface area contributed by atoms with Crippen molar-refractivity contribution in [3.05, 3.63) is 42.0 Å². The van der Waals surface area contributed by atoms with E-state index in [2.05, 4.69) is 11.9 Å². The minimum atomic E-state index is -1.18. The Kier molecular flexibility index (Phi) is 1.56. The van der Waals surface area contributed by atoms with Gasteiger partial charge >= 0.3 is 5.97 Å². The zero-order valence-electron chi connectivity index (χ0n) is 8.45. The second kappa shape index (κ2) is 2.72. The fraction of sp³-hybridized carbons (Fsp3) is 0.167. The fourth-order valence-corrected chi connectivity index (χ4v) is 2.21. The third kappa shape index (κ3) is 0.934. The van der Waals surface area contributed by atoms with Gasteiger partial charge in [0.1, 0.15) is 0 Å². The summed E-state index contributed by atoms with van der Waals surface area (Å²) in [5.74, 6) is -0.785. The molecule has 0 bridgehead atoms. The first-order valence-electron chi connectivity index (χ1n) is 4.95. The van der Waals surface area contributed by atoms with E-state index in [0.717, 1.165) is 0 Å². The molecular weight excluding hydrogens is 206 g/mol. The van der Waals surface area contributed by atoms with Crippen molar-refractivity contribution in [1.29, 1.82) is 0 Å². The average Bonchev–Trinajstić information content (AvgIpc) is 2.69. The van der Waals surface area contributed by atoms with E-state index in [1.54, 1.807) is 12.1 Å². The second-order valence-electron chi connectivity index (χ2n) is 4.00. The predicted molar refractivity (Wildman–Crippen MR) is 56.6 cm³/mol. The standard InChI is InChI=1S/C12H9NO3/c1-7-6-12(16-10(7)14)8-4-2-3-5-9(8)13-11(12)15/h2-5H,1,6H2,(H,13,15). The Morgan fingerprint density at radius 3 is 2.75 bits per heavy atom. The summed E-state index contributed by atoms with van der Waals surface area (Å²) < 4.78 is 5.21. The lowest BCUT2D eigenvalue weighted by Crippen LogP contribution is -2.33. The van der Waals surface area contributed by atoms with Crippen LogP contribution in [-0.4, -0.2) is 11.9 Å². The maximum Gasteiger partial charge on any atom is 0.335 e. The molecule has 4 nitrogen and oxygen atoms in total. The molecule has 1 spiro atoms. The lowest BCUT2D eigenvalue weighted by Gasteiger charge is -2.18. The number of para-hydroxylation sites is 1. The van der Waals surface area contributed by atoms with Crippen molar-refractivity contribution in [2.45, 2.75) is 12.0 Å². The van der Waals surface area contributed by atoms with E-state index in [9.17, 15) is 9.59 Å². The highest BCUT2D eigenvalue weighted by Gasteiger charge is 2.55. The van der Waals surface area contributed by atoms with Crippen molar-refractivity contribution in [1.82, 2.24) is 0 Å². The molecule has 2 aliphatic heterocycles. The third-order valence-corrected chi connectivity index (χ3v) is 3.00. The number of benzene rings is 1. The molecule has 80 valence electrons. The van der Waals surface area contributed by atoms with E-state index in [-0.39, 0.29) is 12.3 Å². The van der Waals surface area contributed by atoms with Gasteiger partial charge in [0.05, 0.1) is 0 Å². The van der Waals surface area contributed by atoms with Gasteiger partial charge in [-0.1, -0.05) is 24.8 Å². The number of nitrogens with one attached hydrogen (secondary N) is 1. The highest BCUT2D eigenvalue weighted by atomic mass is 16.6. The molecule has 0 radical (unpaired) electrons. The van der Waals surface area contributed by atoms with Crippen LogP contribution in [0.25, 0.3) is 0 Å². The first-order chi connectivity index (χ1) is 7.63. The Hall–Kier alpha value is -2.10. The number of anilines is 1. The Morgan fingerprint density at radius 1 is 1.31 bits per heavy atom. The number of esters is 1. The van der Waals surface area contributed by atoms with Gasteiger partial charge in [0.25, 0.3) is 5.91 Å². The summed E-state index contributed by atoms with van der Waals surface area (Å²) in [6.45, 7) is 3.61. The van der Waals surface area contributed by atoms with Crippen LogP contribution in [0.2, 0.25) is 0 Å². The van der Waals surface area contributed by atoms with E-state index in [0.29, 0.717) is 16.8 Å². The lowest BCUT2D eigenvalue weighted by atomic mass is 9.91. The molecule has 0 aromatic heterocycles. The summed E-state index contributed by atoms with van der Waals surface area (Å²) in [7, 11) is 0. The van der Waals surface area contributed by atoms with Crippen LogP contribution in [0.15, 0.2) is 36.4 Å². The van der Waals surface area contributed by atoms with Crippen molar-refractivity contribution in [2.75, 3.05) is 5.32 Å². The molecule has 16 heavy (non-hydrogen) atoms. The van der Waals surface area contributed by atoms with E-state index in [4.69, 9.17) is 4.74 Å². The maximum absolute atomic E-state index is 11.9. The molecule has 1 atom stereocenters. The minimum Gasteiger partial charge on any atom is -0.440 e. The van der Waals surface area contributed by atoms with E-state index in [1.807, 2.05) is 12.1 Å². The molecular formula is C12H9NO3. The molecule has 1 N–H and O–H groups in total. The molecule has 0 saturated carbocycles. The molecule has 4 heteroatoms. The van der Waals surface area contributed by atoms with Crippen molar-refractivity contribution in [3.8, 4) is 0 Å². The predicted octanol–water partition coefficient (Wildman–Crippen LogP) is 1.34. The smallest absolute Gasteiger partial charge is 0.335 e. The Morgan fingerprint density at radius 2 is 2.06 bits per heavy atom. The van der Waals surface area contributed by atoms with Gasteiger partial charge in [-0.05, 0) is 6.07 Å². The summed E-state index contributed by atoms with van der Waals surface area (Å²) in [5, 5.41) is 2.71. The number of hydrogen-bond donors (Lipinski definition) is 1. The van der Waals surface area contributed by atoms with Crippen LogP contribution in [0.5, 0.6) is 0 Å². The summed E-state index contributed by atoms with van der Waals surface area (Å²) in [4.78, 5) is 23.3. The molecule has 0 aliphatic carbocycles. The second-order valence-corrected chi connectivity index (χ2v) is 4.00. The number of carbonyl (C=O) groups excluding carboxylic acids is 2. The van der Waals surface area contributed by atoms with Crippen LogP contribution >= 0.6 is 0 Å². The molecule has 3 rings (SSSR count). The summed E-state index contributed by atoms with van der Waals surface area (Å²) in [6, 6.07) is 7.22. The Balaban J connectivity index is 2.19. The SMILES string of the molecule is C=C1CC2(OC1=O)C(=O)Nc1ccccc12. The van der Waals surface area contributed by atoms with Crippen molar-refractivity contribution in [2.24, 2.45) is 0 Å². The Bertz CT molecular complexity index is 517. The van der Waals surface area contributed by atoms with Gasteiger partial charge in [-0.15, -0.1) is 0 Å². The zero-order valence-corrected chi connectivity index (χ0v) is 8.45. The third-order valence-electron chi connectivity index (χ3n) is 3.00. The normalized spacial score (nSPS) is 26.9. The number of amides is 1.